The Hall–Kier alpha value is -2.89. The van der Waals surface area contributed by atoms with Crippen molar-refractivity contribution in [1.29, 1.82) is 5.41 Å². The van der Waals surface area contributed by atoms with Crippen LogP contribution < -0.4 is 0 Å². The summed E-state index contributed by atoms with van der Waals surface area (Å²) < 4.78 is 0. The minimum Gasteiger partial charge on any atom is -0.311 e. The van der Waals surface area contributed by atoms with E-state index in [4.69, 9.17) is 5.41 Å². The maximum absolute atomic E-state index is 8.11. The molecule has 2 aromatic rings. The predicted molar refractivity (Wildman–Crippen MR) is 136 cm³/mol. The molecule has 0 amide bonds. The minimum atomic E-state index is -0.234. The van der Waals surface area contributed by atoms with Crippen LogP contribution in [0.5, 0.6) is 0 Å². The van der Waals surface area contributed by atoms with Crippen molar-refractivity contribution in [3.05, 3.63) is 101 Å². The van der Waals surface area contributed by atoms with E-state index in [1.165, 1.54) is 39.6 Å². The van der Waals surface area contributed by atoms with Gasteiger partial charge in [-0.25, -0.2) is 0 Å². The smallest absolute Gasteiger partial charge is 0.101 e. The number of alkyl halides is 1. The van der Waals surface area contributed by atoms with E-state index in [2.05, 4.69) is 108 Å². The van der Waals surface area contributed by atoms with Gasteiger partial charge in [-0.3, -0.25) is 0 Å². The fourth-order valence-electron chi connectivity index (χ4n) is 4.18. The van der Waals surface area contributed by atoms with Gasteiger partial charge in [0.1, 0.15) is 4.83 Å². The Labute approximate surface area is 193 Å². The molecule has 0 heterocycles. The number of nitrogens with one attached hydrogen (secondary N) is 1. The number of benzene rings is 2. The Morgan fingerprint density at radius 2 is 1.71 bits per heavy atom. The Bertz CT molecular complexity index is 1150. The van der Waals surface area contributed by atoms with Crippen LogP contribution in [0.2, 0.25) is 0 Å². The molecular weight excluding hydrogens is 442 g/mol. The van der Waals surface area contributed by atoms with Crippen molar-refractivity contribution in [2.24, 2.45) is 5.92 Å². The molecule has 2 atom stereocenters. The van der Waals surface area contributed by atoms with E-state index in [1.54, 1.807) is 0 Å². The van der Waals surface area contributed by atoms with Crippen LogP contribution in [0, 0.1) is 23.2 Å². The summed E-state index contributed by atoms with van der Waals surface area (Å²) in [7, 11) is 0. The van der Waals surface area contributed by atoms with Crippen LogP contribution in [-0.2, 0) is 0 Å². The van der Waals surface area contributed by atoms with E-state index in [0.29, 0.717) is 0 Å². The number of hydrogen-bond acceptors (Lipinski definition) is 1. The zero-order valence-electron chi connectivity index (χ0n) is 17.7. The standard InChI is InChI=1S/C29H26BrN/c1-2-3-14-25-24(20-31)17-18-28(30)26-15-7-8-16-27(26)29(25)23-13-9-12-22(19-23)21-10-5-4-6-11-21/h3-6,9-16,19-20,24,28,31H,2,7-8H2,1H3/b14-3-,29-25-,31-20?. The maximum atomic E-state index is 8.11. The molecule has 2 aromatic carbocycles. The van der Waals surface area contributed by atoms with E-state index in [-0.39, 0.29) is 10.7 Å². The third-order valence-corrected chi connectivity index (χ3v) is 6.40. The molecule has 0 spiro atoms. The van der Waals surface area contributed by atoms with Gasteiger partial charge in [0.05, 0.1) is 5.92 Å². The molecule has 1 nitrogen and oxygen atoms in total. The summed E-state index contributed by atoms with van der Waals surface area (Å²) >= 11 is 3.80. The van der Waals surface area contributed by atoms with Crippen molar-refractivity contribution in [1.82, 2.24) is 0 Å². The largest absolute Gasteiger partial charge is 0.311 e. The summed E-state index contributed by atoms with van der Waals surface area (Å²) in [6.45, 7) is 2.14. The lowest BCUT2D eigenvalue weighted by atomic mass is 9.79. The first kappa shape index (κ1) is 21.3. The van der Waals surface area contributed by atoms with E-state index in [9.17, 15) is 0 Å². The van der Waals surface area contributed by atoms with Crippen molar-refractivity contribution >= 4 is 27.7 Å². The van der Waals surface area contributed by atoms with Gasteiger partial charge >= 0.3 is 0 Å². The van der Waals surface area contributed by atoms with Gasteiger partial charge in [0.15, 0.2) is 0 Å². The summed E-state index contributed by atoms with van der Waals surface area (Å²) in [5, 5.41) is 8.11. The topological polar surface area (TPSA) is 23.9 Å². The highest BCUT2D eigenvalue weighted by molar-refractivity contribution is 9.09. The lowest BCUT2D eigenvalue weighted by molar-refractivity contribution is 0.988. The van der Waals surface area contributed by atoms with Crippen LogP contribution in [0.15, 0.2) is 95.6 Å². The lowest BCUT2D eigenvalue weighted by Gasteiger charge is -2.26. The summed E-state index contributed by atoms with van der Waals surface area (Å²) in [6, 6.07) is 19.3. The van der Waals surface area contributed by atoms with Gasteiger partial charge in [-0.15, -0.1) is 0 Å². The molecule has 0 aliphatic heterocycles. The quantitative estimate of drug-likeness (QED) is 0.263. The number of halogens is 1. The maximum Gasteiger partial charge on any atom is 0.101 e. The molecule has 154 valence electrons. The average molecular weight is 468 g/mol. The SMILES string of the molecule is CC/C=C\C1=C(/c2cccc(-c3ccccc3)c2)C2=CCCC=C2C(Br)C#CC1C=N. The zero-order chi connectivity index (χ0) is 21.6. The Morgan fingerprint density at radius 3 is 2.48 bits per heavy atom. The molecule has 0 aromatic heterocycles. The molecule has 0 radical (unpaired) electrons. The fourth-order valence-corrected chi connectivity index (χ4v) is 4.75. The first-order chi connectivity index (χ1) is 15.2. The third-order valence-electron chi connectivity index (χ3n) is 5.68. The van der Waals surface area contributed by atoms with Crippen LogP contribution in [0.1, 0.15) is 31.7 Å². The molecule has 1 N–H and O–H groups in total. The van der Waals surface area contributed by atoms with Crippen LogP contribution in [0.4, 0.5) is 0 Å². The molecule has 0 saturated heterocycles. The molecule has 2 unspecified atom stereocenters. The van der Waals surface area contributed by atoms with E-state index in [1.807, 2.05) is 6.07 Å². The predicted octanol–water partition coefficient (Wildman–Crippen LogP) is 7.77. The van der Waals surface area contributed by atoms with E-state index < -0.39 is 0 Å². The van der Waals surface area contributed by atoms with Gasteiger partial charge in [-0.1, -0.05) is 108 Å². The highest BCUT2D eigenvalue weighted by Gasteiger charge is 2.26. The normalized spacial score (nSPS) is 23.0. The first-order valence-electron chi connectivity index (χ1n) is 10.9. The molecule has 2 aliphatic carbocycles. The van der Waals surface area contributed by atoms with Crippen molar-refractivity contribution in [2.75, 3.05) is 0 Å². The van der Waals surface area contributed by atoms with Gasteiger partial charge in [0.2, 0.25) is 0 Å². The van der Waals surface area contributed by atoms with Crippen LogP contribution in [-0.4, -0.2) is 11.0 Å². The molecule has 2 heteroatoms. The van der Waals surface area contributed by atoms with Gasteiger partial charge in [-0.05, 0) is 64.3 Å². The van der Waals surface area contributed by atoms with Gasteiger partial charge in [0, 0.05) is 6.21 Å². The van der Waals surface area contributed by atoms with Crippen molar-refractivity contribution < 1.29 is 0 Å². The van der Waals surface area contributed by atoms with Crippen molar-refractivity contribution in [2.45, 2.75) is 31.0 Å². The number of rotatable bonds is 5. The molecule has 0 saturated carbocycles. The van der Waals surface area contributed by atoms with Crippen molar-refractivity contribution in [3.8, 4) is 23.0 Å². The number of hydrogen-bond donors (Lipinski definition) is 1. The molecule has 31 heavy (non-hydrogen) atoms. The van der Waals surface area contributed by atoms with Crippen molar-refractivity contribution in [3.63, 3.8) is 0 Å². The Morgan fingerprint density at radius 1 is 0.968 bits per heavy atom. The highest BCUT2D eigenvalue weighted by atomic mass is 79.9. The minimum absolute atomic E-state index is 0.0227. The monoisotopic (exact) mass is 467 g/mol. The summed E-state index contributed by atoms with van der Waals surface area (Å²) in [5.74, 6) is 6.45. The second-order valence-electron chi connectivity index (χ2n) is 7.74. The summed E-state index contributed by atoms with van der Waals surface area (Å²) in [4.78, 5) is -0.0227. The third kappa shape index (κ3) is 4.58. The molecular formula is C29H26BrN. The molecule has 2 aliphatic rings. The molecule has 0 fully saturated rings. The van der Waals surface area contributed by atoms with E-state index >= 15 is 0 Å². The molecule has 4 rings (SSSR count). The summed E-state index contributed by atoms with van der Waals surface area (Å²) in [6.07, 6.45) is 13.5. The fraction of sp³-hybridized carbons (Fsp3) is 0.207. The lowest BCUT2D eigenvalue weighted by Crippen LogP contribution is -2.15. The van der Waals surface area contributed by atoms with Crippen LogP contribution in [0.25, 0.3) is 16.7 Å². The zero-order valence-corrected chi connectivity index (χ0v) is 19.3. The van der Waals surface area contributed by atoms with Gasteiger partial charge < -0.3 is 5.41 Å². The Balaban J connectivity index is 1.99. The van der Waals surface area contributed by atoms with Gasteiger partial charge in [-0.2, -0.15) is 0 Å². The van der Waals surface area contributed by atoms with Gasteiger partial charge in [0.25, 0.3) is 0 Å². The molecule has 0 bridgehead atoms. The average Bonchev–Trinajstić information content (AvgIpc) is 2.82. The second-order valence-corrected chi connectivity index (χ2v) is 8.65. The number of allylic oxidation sites excluding steroid dienone is 8. The van der Waals surface area contributed by atoms with Crippen LogP contribution in [0.3, 0.4) is 0 Å². The Kier molecular flexibility index (Phi) is 6.85. The number of fused-ring (bicyclic) bond motifs is 1. The van der Waals surface area contributed by atoms with Crippen LogP contribution >= 0.6 is 15.9 Å². The highest BCUT2D eigenvalue weighted by Crippen LogP contribution is 2.41. The second kappa shape index (κ2) is 9.94. The van der Waals surface area contributed by atoms with E-state index in [0.717, 1.165) is 24.8 Å². The first-order valence-corrected chi connectivity index (χ1v) is 11.8. The summed E-state index contributed by atoms with van der Waals surface area (Å²) in [5.41, 5.74) is 8.36.